The van der Waals surface area contributed by atoms with E-state index in [2.05, 4.69) is 10.0 Å². The zero-order valence-corrected chi connectivity index (χ0v) is 13.1. The molecule has 0 aromatic heterocycles. The zero-order valence-electron chi connectivity index (χ0n) is 12.2. The minimum atomic E-state index is -3.56. The van der Waals surface area contributed by atoms with Crippen LogP contribution < -0.4 is 10.0 Å². The van der Waals surface area contributed by atoms with Gasteiger partial charge in [-0.15, -0.1) is 0 Å². The molecule has 2 N–H and O–H groups in total. The highest BCUT2D eigenvalue weighted by Crippen LogP contribution is 2.11. The van der Waals surface area contributed by atoms with Crippen LogP contribution in [0.1, 0.15) is 22.8 Å². The average Bonchev–Trinajstić information content (AvgIpc) is 2.53. The molecule has 2 aromatic carbocycles. The van der Waals surface area contributed by atoms with E-state index in [0.29, 0.717) is 18.7 Å². The molecule has 116 valence electrons. The normalized spacial score (nSPS) is 11.1. The van der Waals surface area contributed by atoms with Crippen LogP contribution in [-0.2, 0) is 16.6 Å². The first kappa shape index (κ1) is 16.2. The molecule has 0 bridgehead atoms. The Morgan fingerprint density at radius 3 is 2.45 bits per heavy atom. The minimum absolute atomic E-state index is 0.0849. The molecule has 0 aliphatic heterocycles. The Morgan fingerprint density at radius 2 is 1.77 bits per heavy atom. The highest BCUT2D eigenvalue weighted by atomic mass is 32.2. The molecule has 0 fully saturated rings. The molecule has 2 rings (SSSR count). The fraction of sp³-hybridized carbons (Fsp3) is 0.188. The first-order valence-electron chi connectivity index (χ1n) is 6.95. The monoisotopic (exact) mass is 318 g/mol. The van der Waals surface area contributed by atoms with Crippen molar-refractivity contribution in [2.24, 2.45) is 0 Å². The van der Waals surface area contributed by atoms with E-state index in [4.69, 9.17) is 0 Å². The van der Waals surface area contributed by atoms with Gasteiger partial charge in [-0.3, -0.25) is 4.79 Å². The third kappa shape index (κ3) is 4.16. The third-order valence-electron chi connectivity index (χ3n) is 3.04. The van der Waals surface area contributed by atoms with Gasteiger partial charge in [0.1, 0.15) is 0 Å². The van der Waals surface area contributed by atoms with Crippen LogP contribution in [0.25, 0.3) is 0 Å². The molecule has 6 heteroatoms. The highest BCUT2D eigenvalue weighted by molar-refractivity contribution is 7.89. The second kappa shape index (κ2) is 7.20. The van der Waals surface area contributed by atoms with Crippen LogP contribution >= 0.6 is 0 Å². The molecular weight excluding hydrogens is 300 g/mol. The molecule has 0 aliphatic rings. The minimum Gasteiger partial charge on any atom is -0.348 e. The lowest BCUT2D eigenvalue weighted by Crippen LogP contribution is -2.25. The lowest BCUT2D eigenvalue weighted by Gasteiger charge is -2.08. The molecule has 0 atom stereocenters. The Hall–Kier alpha value is -2.18. The fourth-order valence-corrected chi connectivity index (χ4v) is 3.04. The van der Waals surface area contributed by atoms with Crippen LogP contribution in [0.5, 0.6) is 0 Å². The molecule has 5 nitrogen and oxygen atoms in total. The molecule has 0 heterocycles. The molecule has 2 aromatic rings. The number of hydrogen-bond acceptors (Lipinski definition) is 3. The summed E-state index contributed by atoms with van der Waals surface area (Å²) in [6, 6.07) is 15.5. The Bertz CT molecular complexity index is 743. The van der Waals surface area contributed by atoms with Crippen molar-refractivity contribution < 1.29 is 13.2 Å². The van der Waals surface area contributed by atoms with E-state index >= 15 is 0 Å². The number of carbonyl (C=O) groups excluding carboxylic acids is 1. The van der Waals surface area contributed by atoms with Crippen molar-refractivity contribution in [1.82, 2.24) is 10.0 Å². The van der Waals surface area contributed by atoms with Crippen molar-refractivity contribution in [2.45, 2.75) is 18.4 Å². The van der Waals surface area contributed by atoms with Gasteiger partial charge in [-0.2, -0.15) is 0 Å². The SMILES string of the molecule is CCNS(=O)(=O)c1cccc(C(=O)NCc2ccccc2)c1. The van der Waals surface area contributed by atoms with Crippen LogP contribution in [0.3, 0.4) is 0 Å². The van der Waals surface area contributed by atoms with Gasteiger partial charge in [0.05, 0.1) is 4.90 Å². The Balaban J connectivity index is 2.11. The molecule has 1 amide bonds. The van der Waals surface area contributed by atoms with Gasteiger partial charge < -0.3 is 5.32 Å². The quantitative estimate of drug-likeness (QED) is 0.854. The summed E-state index contributed by atoms with van der Waals surface area (Å²) in [5, 5.41) is 2.77. The summed E-state index contributed by atoms with van der Waals surface area (Å²) in [7, 11) is -3.56. The molecule has 0 radical (unpaired) electrons. The van der Waals surface area contributed by atoms with Gasteiger partial charge in [0, 0.05) is 18.7 Å². The average molecular weight is 318 g/mol. The molecule has 0 saturated carbocycles. The van der Waals surface area contributed by atoms with Crippen molar-refractivity contribution >= 4 is 15.9 Å². The first-order chi connectivity index (χ1) is 10.5. The molecule has 0 unspecified atom stereocenters. The number of benzene rings is 2. The summed E-state index contributed by atoms with van der Waals surface area (Å²) in [6.07, 6.45) is 0. The number of sulfonamides is 1. The number of amides is 1. The topological polar surface area (TPSA) is 75.3 Å². The summed E-state index contributed by atoms with van der Waals surface area (Å²) in [6.45, 7) is 2.39. The van der Waals surface area contributed by atoms with Crippen molar-refractivity contribution in [2.75, 3.05) is 6.54 Å². The van der Waals surface area contributed by atoms with Crippen LogP contribution in [0.2, 0.25) is 0 Å². The molecule has 0 spiro atoms. The van der Waals surface area contributed by atoms with E-state index in [1.54, 1.807) is 19.1 Å². The van der Waals surface area contributed by atoms with Crippen LogP contribution in [0, 0.1) is 0 Å². The Labute approximate surface area is 130 Å². The number of carbonyl (C=O) groups is 1. The van der Waals surface area contributed by atoms with E-state index in [9.17, 15) is 13.2 Å². The summed E-state index contributed by atoms with van der Waals surface area (Å²) in [4.78, 5) is 12.2. The number of nitrogens with one attached hydrogen (secondary N) is 2. The van der Waals surface area contributed by atoms with Crippen molar-refractivity contribution in [1.29, 1.82) is 0 Å². The van der Waals surface area contributed by atoms with E-state index < -0.39 is 10.0 Å². The summed E-state index contributed by atoms with van der Waals surface area (Å²) >= 11 is 0. The van der Waals surface area contributed by atoms with E-state index in [0.717, 1.165) is 5.56 Å². The maximum Gasteiger partial charge on any atom is 0.251 e. The molecule has 22 heavy (non-hydrogen) atoms. The molecular formula is C16H18N2O3S. The van der Waals surface area contributed by atoms with Crippen molar-refractivity contribution in [3.05, 3.63) is 65.7 Å². The van der Waals surface area contributed by atoms with E-state index in [1.807, 2.05) is 30.3 Å². The molecule has 0 aliphatic carbocycles. The van der Waals surface area contributed by atoms with Gasteiger partial charge in [0.25, 0.3) is 5.91 Å². The van der Waals surface area contributed by atoms with Crippen LogP contribution in [0.15, 0.2) is 59.5 Å². The van der Waals surface area contributed by atoms with Crippen LogP contribution in [0.4, 0.5) is 0 Å². The van der Waals surface area contributed by atoms with Crippen molar-refractivity contribution in [3.63, 3.8) is 0 Å². The second-order valence-electron chi connectivity index (χ2n) is 4.70. The largest absolute Gasteiger partial charge is 0.348 e. The first-order valence-corrected chi connectivity index (χ1v) is 8.43. The maximum atomic E-state index is 12.1. The highest BCUT2D eigenvalue weighted by Gasteiger charge is 2.15. The summed E-state index contributed by atoms with van der Waals surface area (Å²) < 4.78 is 26.3. The Kier molecular flexibility index (Phi) is 5.30. The lowest BCUT2D eigenvalue weighted by molar-refractivity contribution is 0.0950. The summed E-state index contributed by atoms with van der Waals surface area (Å²) in [5.74, 6) is -0.308. The van der Waals surface area contributed by atoms with Gasteiger partial charge in [-0.25, -0.2) is 13.1 Å². The lowest BCUT2D eigenvalue weighted by atomic mass is 10.2. The summed E-state index contributed by atoms with van der Waals surface area (Å²) in [5.41, 5.74) is 1.29. The van der Waals surface area contributed by atoms with Gasteiger partial charge in [-0.1, -0.05) is 43.3 Å². The van der Waals surface area contributed by atoms with E-state index in [-0.39, 0.29) is 10.8 Å². The predicted octanol–water partition coefficient (Wildman–Crippen LogP) is 1.91. The smallest absolute Gasteiger partial charge is 0.251 e. The van der Waals surface area contributed by atoms with Crippen LogP contribution in [-0.4, -0.2) is 20.9 Å². The van der Waals surface area contributed by atoms with Gasteiger partial charge in [-0.05, 0) is 23.8 Å². The maximum absolute atomic E-state index is 12.1. The van der Waals surface area contributed by atoms with Gasteiger partial charge >= 0.3 is 0 Å². The van der Waals surface area contributed by atoms with E-state index in [1.165, 1.54) is 12.1 Å². The molecule has 0 saturated heterocycles. The number of hydrogen-bond donors (Lipinski definition) is 2. The third-order valence-corrected chi connectivity index (χ3v) is 4.58. The fourth-order valence-electron chi connectivity index (χ4n) is 1.96. The standard InChI is InChI=1S/C16H18N2O3S/c1-2-18-22(20,21)15-10-6-9-14(11-15)16(19)17-12-13-7-4-3-5-8-13/h3-11,18H,2,12H2,1H3,(H,17,19). The number of rotatable bonds is 6. The predicted molar refractivity (Wildman–Crippen MR) is 84.9 cm³/mol. The zero-order chi connectivity index (χ0) is 16.0. The van der Waals surface area contributed by atoms with Gasteiger partial charge in [0.2, 0.25) is 10.0 Å². The second-order valence-corrected chi connectivity index (χ2v) is 6.46. The van der Waals surface area contributed by atoms with Crippen molar-refractivity contribution in [3.8, 4) is 0 Å². The Morgan fingerprint density at radius 1 is 1.05 bits per heavy atom. The van der Waals surface area contributed by atoms with Gasteiger partial charge in [0.15, 0.2) is 0 Å².